The summed E-state index contributed by atoms with van der Waals surface area (Å²) in [6.45, 7) is 4.65. The molecule has 0 bridgehead atoms. The molecule has 28 heavy (non-hydrogen) atoms. The minimum absolute atomic E-state index is 0.137. The summed E-state index contributed by atoms with van der Waals surface area (Å²) >= 11 is 0. The van der Waals surface area contributed by atoms with Gasteiger partial charge in [-0.2, -0.15) is 10.2 Å². The Balaban J connectivity index is 1.47. The Hall–Kier alpha value is -3.67. The van der Waals surface area contributed by atoms with E-state index in [0.717, 1.165) is 28.3 Å². The number of aryl methyl sites for hydroxylation is 2. The average molecular weight is 371 g/mol. The third kappa shape index (κ3) is 3.86. The molecule has 0 saturated carbocycles. The molecule has 0 aliphatic heterocycles. The topological polar surface area (TPSA) is 64.7 Å². The third-order valence-electron chi connectivity index (χ3n) is 4.52. The molecular weight excluding hydrogens is 350 g/mol. The Labute approximate surface area is 163 Å². The number of benzene rings is 2. The van der Waals surface area contributed by atoms with E-state index >= 15 is 0 Å². The fraction of sp³-hybridized carbons (Fsp3) is 0.136. The highest BCUT2D eigenvalue weighted by atomic mass is 16.1. The SMILES string of the molecule is Cc1cc(C)n(Cc2cccc(C(=O)Nc3ccc(-n4cccn4)cc3)c2)n1. The molecule has 6 nitrogen and oxygen atoms in total. The standard InChI is InChI=1S/C22H21N5O/c1-16-13-17(2)27(25-16)15-18-5-3-6-19(14-18)22(28)24-20-7-9-21(10-8-20)26-12-4-11-23-26/h3-14H,15H2,1-2H3,(H,24,28). The highest BCUT2D eigenvalue weighted by molar-refractivity contribution is 6.04. The van der Waals surface area contributed by atoms with Crippen LogP contribution in [-0.2, 0) is 6.54 Å². The second-order valence-corrected chi connectivity index (χ2v) is 6.74. The van der Waals surface area contributed by atoms with E-state index in [1.54, 1.807) is 10.9 Å². The zero-order chi connectivity index (χ0) is 19.5. The van der Waals surface area contributed by atoms with Crippen molar-refractivity contribution in [1.29, 1.82) is 0 Å². The van der Waals surface area contributed by atoms with Crippen molar-refractivity contribution in [2.75, 3.05) is 5.32 Å². The lowest BCUT2D eigenvalue weighted by Crippen LogP contribution is -2.13. The number of carbonyl (C=O) groups excluding carboxylic acids is 1. The lowest BCUT2D eigenvalue weighted by Gasteiger charge is -2.09. The summed E-state index contributed by atoms with van der Waals surface area (Å²) in [5.41, 5.74) is 5.43. The Morgan fingerprint density at radius 3 is 2.54 bits per heavy atom. The van der Waals surface area contributed by atoms with Gasteiger partial charge in [-0.05, 0) is 67.9 Å². The molecule has 0 fully saturated rings. The normalized spacial score (nSPS) is 10.8. The van der Waals surface area contributed by atoms with Gasteiger partial charge >= 0.3 is 0 Å². The van der Waals surface area contributed by atoms with Crippen LogP contribution in [0.5, 0.6) is 0 Å². The average Bonchev–Trinajstić information content (AvgIpc) is 3.33. The first-order valence-electron chi connectivity index (χ1n) is 9.10. The fourth-order valence-corrected chi connectivity index (χ4v) is 3.14. The summed E-state index contributed by atoms with van der Waals surface area (Å²) in [5.74, 6) is -0.137. The lowest BCUT2D eigenvalue weighted by molar-refractivity contribution is 0.102. The van der Waals surface area contributed by atoms with E-state index in [1.807, 2.05) is 85.4 Å². The number of aromatic nitrogens is 4. The molecule has 4 rings (SSSR count). The number of nitrogens with zero attached hydrogens (tertiary/aromatic N) is 4. The fourth-order valence-electron chi connectivity index (χ4n) is 3.14. The van der Waals surface area contributed by atoms with Gasteiger partial charge in [0.05, 0.1) is 17.9 Å². The smallest absolute Gasteiger partial charge is 0.255 e. The predicted molar refractivity (Wildman–Crippen MR) is 109 cm³/mol. The third-order valence-corrected chi connectivity index (χ3v) is 4.52. The van der Waals surface area contributed by atoms with Gasteiger partial charge < -0.3 is 5.32 Å². The number of carbonyl (C=O) groups is 1. The van der Waals surface area contributed by atoms with Gasteiger partial charge in [-0.3, -0.25) is 9.48 Å². The minimum Gasteiger partial charge on any atom is -0.322 e. The molecule has 2 aromatic carbocycles. The number of amides is 1. The quantitative estimate of drug-likeness (QED) is 0.577. The summed E-state index contributed by atoms with van der Waals surface area (Å²) in [6, 6.07) is 19.1. The number of hydrogen-bond acceptors (Lipinski definition) is 3. The lowest BCUT2D eigenvalue weighted by atomic mass is 10.1. The van der Waals surface area contributed by atoms with Gasteiger partial charge in [0, 0.05) is 29.3 Å². The van der Waals surface area contributed by atoms with Crippen molar-refractivity contribution < 1.29 is 4.79 Å². The first-order valence-corrected chi connectivity index (χ1v) is 9.10. The van der Waals surface area contributed by atoms with Crippen LogP contribution in [0.25, 0.3) is 5.69 Å². The van der Waals surface area contributed by atoms with Gasteiger partial charge in [0.1, 0.15) is 0 Å². The first-order chi connectivity index (χ1) is 13.6. The number of hydrogen-bond donors (Lipinski definition) is 1. The molecule has 0 aliphatic rings. The summed E-state index contributed by atoms with van der Waals surface area (Å²) in [7, 11) is 0. The Morgan fingerprint density at radius 1 is 1.04 bits per heavy atom. The molecule has 6 heteroatoms. The van der Waals surface area contributed by atoms with Crippen molar-refractivity contribution >= 4 is 11.6 Å². The molecule has 0 radical (unpaired) electrons. The summed E-state index contributed by atoms with van der Waals surface area (Å²) in [5, 5.41) is 11.6. The largest absolute Gasteiger partial charge is 0.322 e. The van der Waals surface area contributed by atoms with Gasteiger partial charge in [-0.1, -0.05) is 12.1 Å². The van der Waals surface area contributed by atoms with Crippen LogP contribution in [0.15, 0.2) is 73.1 Å². The Bertz CT molecular complexity index is 1090. The Morgan fingerprint density at radius 2 is 1.86 bits per heavy atom. The summed E-state index contributed by atoms with van der Waals surface area (Å²) < 4.78 is 3.72. The molecule has 0 unspecified atom stereocenters. The molecule has 0 spiro atoms. The van der Waals surface area contributed by atoms with Crippen molar-refractivity contribution in [3.8, 4) is 5.69 Å². The minimum atomic E-state index is -0.137. The molecule has 0 saturated heterocycles. The number of anilines is 1. The van der Waals surface area contributed by atoms with Crippen LogP contribution in [0, 0.1) is 13.8 Å². The van der Waals surface area contributed by atoms with Crippen LogP contribution in [0.4, 0.5) is 5.69 Å². The zero-order valence-corrected chi connectivity index (χ0v) is 15.8. The maximum Gasteiger partial charge on any atom is 0.255 e. The summed E-state index contributed by atoms with van der Waals surface area (Å²) in [4.78, 5) is 12.7. The molecule has 0 atom stereocenters. The second kappa shape index (κ2) is 7.52. The first kappa shape index (κ1) is 17.7. The molecule has 0 aliphatic carbocycles. The summed E-state index contributed by atoms with van der Waals surface area (Å²) in [6.07, 6.45) is 3.61. The van der Waals surface area contributed by atoms with E-state index in [9.17, 15) is 4.79 Å². The van der Waals surface area contributed by atoms with Crippen molar-refractivity contribution in [2.45, 2.75) is 20.4 Å². The van der Waals surface area contributed by atoms with Crippen molar-refractivity contribution in [2.24, 2.45) is 0 Å². The molecule has 1 N–H and O–H groups in total. The van der Waals surface area contributed by atoms with Gasteiger partial charge in [0.2, 0.25) is 0 Å². The number of rotatable bonds is 5. The van der Waals surface area contributed by atoms with Crippen LogP contribution in [0.2, 0.25) is 0 Å². The van der Waals surface area contributed by atoms with E-state index < -0.39 is 0 Å². The van der Waals surface area contributed by atoms with Gasteiger partial charge in [-0.25, -0.2) is 4.68 Å². The maximum atomic E-state index is 12.7. The molecule has 2 aromatic heterocycles. The van der Waals surface area contributed by atoms with Gasteiger partial charge in [0.15, 0.2) is 0 Å². The number of nitrogens with one attached hydrogen (secondary N) is 1. The van der Waals surface area contributed by atoms with E-state index in [-0.39, 0.29) is 5.91 Å². The molecule has 140 valence electrons. The van der Waals surface area contributed by atoms with Crippen molar-refractivity contribution in [3.63, 3.8) is 0 Å². The van der Waals surface area contributed by atoms with Crippen LogP contribution in [0.1, 0.15) is 27.3 Å². The Kier molecular flexibility index (Phi) is 4.76. The van der Waals surface area contributed by atoms with Gasteiger partial charge in [0.25, 0.3) is 5.91 Å². The monoisotopic (exact) mass is 371 g/mol. The van der Waals surface area contributed by atoms with E-state index in [0.29, 0.717) is 12.1 Å². The van der Waals surface area contributed by atoms with Crippen LogP contribution in [-0.4, -0.2) is 25.5 Å². The molecule has 4 aromatic rings. The molecule has 1 amide bonds. The van der Waals surface area contributed by atoms with Crippen LogP contribution < -0.4 is 5.32 Å². The molecule has 2 heterocycles. The second-order valence-electron chi connectivity index (χ2n) is 6.74. The van der Waals surface area contributed by atoms with Crippen LogP contribution >= 0.6 is 0 Å². The predicted octanol–water partition coefficient (Wildman–Crippen LogP) is 3.99. The van der Waals surface area contributed by atoms with Crippen LogP contribution in [0.3, 0.4) is 0 Å². The highest BCUT2D eigenvalue weighted by Crippen LogP contribution is 2.15. The highest BCUT2D eigenvalue weighted by Gasteiger charge is 2.09. The maximum absolute atomic E-state index is 12.7. The molecular formula is C22H21N5O. The van der Waals surface area contributed by atoms with Gasteiger partial charge in [-0.15, -0.1) is 0 Å². The van der Waals surface area contributed by atoms with E-state index in [4.69, 9.17) is 0 Å². The zero-order valence-electron chi connectivity index (χ0n) is 15.8. The van der Waals surface area contributed by atoms with E-state index in [2.05, 4.69) is 15.5 Å². The van der Waals surface area contributed by atoms with Crippen molar-refractivity contribution in [3.05, 3.63) is 95.6 Å². The van der Waals surface area contributed by atoms with Crippen molar-refractivity contribution in [1.82, 2.24) is 19.6 Å². The van der Waals surface area contributed by atoms with E-state index in [1.165, 1.54) is 0 Å².